The molecule has 0 saturated carbocycles. The lowest BCUT2D eigenvalue weighted by molar-refractivity contribution is -0.124. The van der Waals surface area contributed by atoms with Crippen LogP contribution in [0.15, 0.2) is 65.6 Å². The Morgan fingerprint density at radius 1 is 1.03 bits per heavy atom. The minimum atomic E-state index is -0.246. The maximum Gasteiger partial charge on any atom is 0.293 e. The topological polar surface area (TPSA) is 55.8 Å². The van der Waals surface area contributed by atoms with Gasteiger partial charge in [0.25, 0.3) is 11.1 Å². The van der Waals surface area contributed by atoms with E-state index in [1.54, 1.807) is 13.2 Å². The van der Waals surface area contributed by atoms with Gasteiger partial charge in [-0.15, -0.1) is 0 Å². The van der Waals surface area contributed by atoms with Crippen LogP contribution in [0.25, 0.3) is 16.8 Å². The predicted molar refractivity (Wildman–Crippen MR) is 129 cm³/mol. The Balaban J connectivity index is 1.54. The summed E-state index contributed by atoms with van der Waals surface area (Å²) in [5.74, 6) is 0.940. The van der Waals surface area contributed by atoms with E-state index < -0.39 is 0 Å². The molecule has 1 atom stereocenters. The molecule has 0 aromatic heterocycles. The van der Waals surface area contributed by atoms with Gasteiger partial charge in [0.15, 0.2) is 11.5 Å². The smallest absolute Gasteiger partial charge is 0.293 e. The average Bonchev–Trinajstić information content (AvgIpc) is 3.10. The third-order valence-corrected chi connectivity index (χ3v) is 6.49. The van der Waals surface area contributed by atoms with Crippen molar-refractivity contribution in [2.75, 3.05) is 7.11 Å². The van der Waals surface area contributed by atoms with Gasteiger partial charge < -0.3 is 9.47 Å². The zero-order valence-electron chi connectivity index (χ0n) is 18.3. The van der Waals surface area contributed by atoms with Crippen molar-refractivity contribution in [2.24, 2.45) is 0 Å². The van der Waals surface area contributed by atoms with Gasteiger partial charge in [0.1, 0.15) is 6.61 Å². The summed E-state index contributed by atoms with van der Waals surface area (Å²) in [6, 6.07) is 19.7. The van der Waals surface area contributed by atoms with E-state index in [1.165, 1.54) is 10.3 Å². The van der Waals surface area contributed by atoms with Gasteiger partial charge in [-0.2, -0.15) is 0 Å². The van der Waals surface area contributed by atoms with Crippen molar-refractivity contribution < 1.29 is 19.1 Å². The number of thioether (sulfide) groups is 1. The molecule has 4 rings (SSSR count). The molecule has 0 aliphatic carbocycles. The first-order chi connectivity index (χ1) is 15.5. The molecule has 0 spiro atoms. The fourth-order valence-corrected chi connectivity index (χ4v) is 4.59. The van der Waals surface area contributed by atoms with Crippen LogP contribution in [0, 0.1) is 0 Å². The van der Waals surface area contributed by atoms with E-state index in [4.69, 9.17) is 9.47 Å². The summed E-state index contributed by atoms with van der Waals surface area (Å²) in [6.45, 7) is 4.24. The van der Waals surface area contributed by atoms with Crippen LogP contribution < -0.4 is 9.47 Å². The summed E-state index contributed by atoms with van der Waals surface area (Å²) in [5, 5.41) is 2.10. The summed E-state index contributed by atoms with van der Waals surface area (Å²) in [7, 11) is 1.58. The summed E-state index contributed by atoms with van der Waals surface area (Å²) in [5.41, 5.74) is 1.86. The molecule has 0 unspecified atom stereocenters. The van der Waals surface area contributed by atoms with Crippen LogP contribution in [0.3, 0.4) is 0 Å². The fraction of sp³-hybridized carbons (Fsp3) is 0.231. The van der Waals surface area contributed by atoms with Crippen LogP contribution in [0.4, 0.5) is 4.79 Å². The molecule has 32 heavy (non-hydrogen) atoms. The van der Waals surface area contributed by atoms with Crippen molar-refractivity contribution in [2.45, 2.75) is 32.9 Å². The Hall–Kier alpha value is -3.25. The molecule has 3 aromatic rings. The molecule has 1 saturated heterocycles. The lowest BCUT2D eigenvalue weighted by Gasteiger charge is -2.19. The monoisotopic (exact) mass is 447 g/mol. The number of fused-ring (bicyclic) bond motifs is 1. The predicted octanol–water partition coefficient (Wildman–Crippen LogP) is 6.26. The SMILES string of the molecule is CC[C@@H](C)N1C(=O)S/C(=C/c2ccc(OCc3cccc4ccccc34)c(OC)c2)C1=O. The average molecular weight is 448 g/mol. The van der Waals surface area contributed by atoms with Crippen LogP contribution in [0.2, 0.25) is 0 Å². The van der Waals surface area contributed by atoms with E-state index in [-0.39, 0.29) is 17.2 Å². The second-order valence-corrected chi connectivity index (χ2v) is 8.64. The molecule has 0 N–H and O–H groups in total. The van der Waals surface area contributed by atoms with Crippen molar-refractivity contribution >= 4 is 39.8 Å². The van der Waals surface area contributed by atoms with Crippen LogP contribution in [0.5, 0.6) is 11.5 Å². The molecule has 0 radical (unpaired) electrons. The molecular weight excluding hydrogens is 422 g/mol. The highest BCUT2D eigenvalue weighted by atomic mass is 32.2. The number of carbonyl (C=O) groups excluding carboxylic acids is 2. The number of imide groups is 1. The van der Waals surface area contributed by atoms with Crippen molar-refractivity contribution in [1.82, 2.24) is 4.90 Å². The Morgan fingerprint density at radius 2 is 1.81 bits per heavy atom. The highest BCUT2D eigenvalue weighted by Gasteiger charge is 2.37. The fourth-order valence-electron chi connectivity index (χ4n) is 3.66. The van der Waals surface area contributed by atoms with Crippen LogP contribution in [-0.4, -0.2) is 29.2 Å². The Bertz CT molecular complexity index is 1200. The molecule has 2 amide bonds. The number of ether oxygens (including phenoxy) is 2. The highest BCUT2D eigenvalue weighted by Crippen LogP contribution is 2.36. The van der Waals surface area contributed by atoms with E-state index in [0.29, 0.717) is 23.0 Å². The first-order valence-corrected chi connectivity index (χ1v) is 11.4. The van der Waals surface area contributed by atoms with Crippen LogP contribution in [0.1, 0.15) is 31.4 Å². The second-order valence-electron chi connectivity index (χ2n) is 7.65. The molecular formula is C26H25NO4S. The maximum absolute atomic E-state index is 12.7. The van der Waals surface area contributed by atoms with Gasteiger partial charge in [-0.25, -0.2) is 0 Å². The van der Waals surface area contributed by atoms with Gasteiger partial charge >= 0.3 is 0 Å². The van der Waals surface area contributed by atoms with E-state index in [2.05, 4.69) is 24.3 Å². The van der Waals surface area contributed by atoms with Gasteiger partial charge in [0.2, 0.25) is 0 Å². The van der Waals surface area contributed by atoms with Gasteiger partial charge in [-0.05, 0) is 65.2 Å². The lowest BCUT2D eigenvalue weighted by Crippen LogP contribution is -2.36. The van der Waals surface area contributed by atoms with Gasteiger partial charge in [-0.1, -0.05) is 55.5 Å². The van der Waals surface area contributed by atoms with E-state index in [0.717, 1.165) is 34.7 Å². The minimum Gasteiger partial charge on any atom is -0.493 e. The third-order valence-electron chi connectivity index (χ3n) is 5.60. The van der Waals surface area contributed by atoms with Crippen molar-refractivity contribution in [1.29, 1.82) is 0 Å². The Labute approximate surface area is 192 Å². The van der Waals surface area contributed by atoms with Crippen molar-refractivity contribution in [3.05, 3.63) is 76.7 Å². The molecule has 1 aliphatic heterocycles. The lowest BCUT2D eigenvalue weighted by atomic mass is 10.1. The quantitative estimate of drug-likeness (QED) is 0.400. The summed E-state index contributed by atoms with van der Waals surface area (Å²) < 4.78 is 11.6. The molecule has 3 aromatic carbocycles. The zero-order chi connectivity index (χ0) is 22.7. The Morgan fingerprint density at radius 3 is 2.59 bits per heavy atom. The van der Waals surface area contributed by atoms with Gasteiger partial charge in [0, 0.05) is 6.04 Å². The van der Waals surface area contributed by atoms with E-state index >= 15 is 0 Å². The minimum absolute atomic E-state index is 0.118. The number of amides is 2. The van der Waals surface area contributed by atoms with Gasteiger partial charge in [-0.3, -0.25) is 14.5 Å². The summed E-state index contributed by atoms with van der Waals surface area (Å²) >= 11 is 0.973. The number of rotatable bonds is 7. The number of nitrogens with zero attached hydrogens (tertiary/aromatic N) is 1. The zero-order valence-corrected chi connectivity index (χ0v) is 19.1. The number of benzene rings is 3. The van der Waals surface area contributed by atoms with Crippen LogP contribution in [-0.2, 0) is 11.4 Å². The molecule has 0 bridgehead atoms. The van der Waals surface area contributed by atoms with E-state index in [9.17, 15) is 9.59 Å². The normalized spacial score (nSPS) is 16.1. The molecule has 1 heterocycles. The molecule has 1 aliphatic rings. The standard InChI is InChI=1S/C26H25NO4S/c1-4-17(2)27-25(28)24(32-26(27)29)15-18-12-13-22(23(14-18)30-3)31-16-20-10-7-9-19-8-5-6-11-21(19)20/h5-15,17H,4,16H2,1-3H3/b24-15+/t17-/m1/s1. The first-order valence-electron chi connectivity index (χ1n) is 10.6. The van der Waals surface area contributed by atoms with Gasteiger partial charge in [0.05, 0.1) is 12.0 Å². The van der Waals surface area contributed by atoms with E-state index in [1.807, 2.05) is 50.2 Å². The van der Waals surface area contributed by atoms with Crippen LogP contribution >= 0.6 is 11.8 Å². The molecule has 5 nitrogen and oxygen atoms in total. The maximum atomic E-state index is 12.7. The van der Waals surface area contributed by atoms with Crippen molar-refractivity contribution in [3.63, 3.8) is 0 Å². The largest absolute Gasteiger partial charge is 0.493 e. The molecule has 6 heteroatoms. The number of carbonyl (C=O) groups is 2. The first kappa shape index (κ1) is 22.0. The number of hydrogen-bond acceptors (Lipinski definition) is 5. The number of methoxy groups -OCH3 is 1. The second kappa shape index (κ2) is 9.49. The summed E-state index contributed by atoms with van der Waals surface area (Å²) in [4.78, 5) is 26.7. The highest BCUT2D eigenvalue weighted by molar-refractivity contribution is 8.18. The Kier molecular flexibility index (Phi) is 6.51. The summed E-state index contributed by atoms with van der Waals surface area (Å²) in [6.07, 6.45) is 2.45. The molecule has 164 valence electrons. The third kappa shape index (κ3) is 4.36. The van der Waals surface area contributed by atoms with Crippen molar-refractivity contribution in [3.8, 4) is 11.5 Å². The number of hydrogen-bond donors (Lipinski definition) is 0. The molecule has 1 fully saturated rings.